The summed E-state index contributed by atoms with van der Waals surface area (Å²) in [6.07, 6.45) is 17.7. The molecule has 1 heterocycles. The molecule has 7 nitrogen and oxygen atoms in total. The zero-order valence-electron chi connectivity index (χ0n) is 19.5. The average molecular weight is 454 g/mol. The number of nitrogens with one attached hydrogen (secondary N) is 1. The molecule has 0 unspecified atom stereocenters. The van der Waals surface area contributed by atoms with E-state index in [1.807, 2.05) is 0 Å². The Morgan fingerprint density at radius 1 is 0.733 bits per heavy atom. The molecule has 1 saturated heterocycles. The van der Waals surface area contributed by atoms with Crippen molar-refractivity contribution in [1.82, 2.24) is 5.32 Å². The SMILES string of the molecule is C1COCCN1.CCCCCCCCCCCCCCCCOS(=O)(=O)OOCC. The van der Waals surface area contributed by atoms with Gasteiger partial charge in [-0.15, -0.1) is 0 Å². The molecule has 0 aromatic rings. The molecule has 1 aliphatic heterocycles. The Morgan fingerprint density at radius 3 is 1.57 bits per heavy atom. The lowest BCUT2D eigenvalue weighted by Gasteiger charge is -2.10. The van der Waals surface area contributed by atoms with Crippen molar-refractivity contribution in [3.8, 4) is 0 Å². The molecule has 1 aliphatic rings. The van der Waals surface area contributed by atoms with Gasteiger partial charge in [-0.25, -0.2) is 9.07 Å². The fraction of sp³-hybridized carbons (Fsp3) is 1.00. The van der Waals surface area contributed by atoms with E-state index in [1.165, 1.54) is 70.6 Å². The number of rotatable bonds is 19. The zero-order valence-corrected chi connectivity index (χ0v) is 20.3. The maximum atomic E-state index is 11.2. The molecule has 1 rings (SSSR count). The van der Waals surface area contributed by atoms with Crippen LogP contribution >= 0.6 is 0 Å². The molecular formula is C22H47NO6S. The molecule has 1 N–H and O–H groups in total. The van der Waals surface area contributed by atoms with Gasteiger partial charge >= 0.3 is 10.4 Å². The van der Waals surface area contributed by atoms with Gasteiger partial charge in [-0.2, -0.15) is 8.42 Å². The maximum Gasteiger partial charge on any atom is 0.426 e. The maximum absolute atomic E-state index is 11.2. The predicted octanol–water partition coefficient (Wildman–Crippen LogP) is 5.30. The third-order valence-corrected chi connectivity index (χ3v) is 5.54. The Bertz CT molecular complexity index is 418. The Kier molecular flexibility index (Phi) is 23.2. The van der Waals surface area contributed by atoms with Crippen LogP contribution in [-0.4, -0.2) is 47.9 Å². The van der Waals surface area contributed by atoms with Crippen LogP contribution in [0.4, 0.5) is 0 Å². The summed E-state index contributed by atoms with van der Waals surface area (Å²) < 4.78 is 36.1. The molecule has 0 saturated carbocycles. The van der Waals surface area contributed by atoms with Gasteiger partial charge in [0.1, 0.15) is 0 Å². The number of unbranched alkanes of at least 4 members (excludes halogenated alkanes) is 13. The highest BCUT2D eigenvalue weighted by atomic mass is 32.3. The quantitative estimate of drug-likeness (QED) is 0.161. The molecule has 8 heteroatoms. The fourth-order valence-electron chi connectivity index (χ4n) is 3.10. The van der Waals surface area contributed by atoms with Crippen molar-refractivity contribution in [2.45, 2.75) is 104 Å². The predicted molar refractivity (Wildman–Crippen MR) is 122 cm³/mol. The highest BCUT2D eigenvalue weighted by Gasteiger charge is 2.12. The van der Waals surface area contributed by atoms with Crippen LogP contribution in [0.15, 0.2) is 0 Å². The number of hydrogen-bond acceptors (Lipinski definition) is 7. The molecule has 0 amide bonds. The summed E-state index contributed by atoms with van der Waals surface area (Å²) >= 11 is 0. The number of morpholine rings is 1. The van der Waals surface area contributed by atoms with Crippen molar-refractivity contribution in [3.63, 3.8) is 0 Å². The van der Waals surface area contributed by atoms with Crippen LogP contribution in [0.25, 0.3) is 0 Å². The van der Waals surface area contributed by atoms with E-state index in [0.29, 0.717) is 0 Å². The second-order valence-electron chi connectivity index (χ2n) is 7.66. The van der Waals surface area contributed by atoms with E-state index >= 15 is 0 Å². The second kappa shape index (κ2) is 23.4. The van der Waals surface area contributed by atoms with Crippen molar-refractivity contribution in [2.75, 3.05) is 39.5 Å². The van der Waals surface area contributed by atoms with E-state index in [1.54, 1.807) is 6.92 Å². The van der Waals surface area contributed by atoms with E-state index in [0.717, 1.165) is 45.6 Å². The van der Waals surface area contributed by atoms with E-state index in [4.69, 9.17) is 4.74 Å². The van der Waals surface area contributed by atoms with Crippen LogP contribution in [0.3, 0.4) is 0 Å². The average Bonchev–Trinajstić information content (AvgIpc) is 2.76. The van der Waals surface area contributed by atoms with Gasteiger partial charge in [0.05, 0.1) is 26.4 Å². The summed E-state index contributed by atoms with van der Waals surface area (Å²) in [6, 6.07) is 0. The molecule has 182 valence electrons. The van der Waals surface area contributed by atoms with Gasteiger partial charge in [0.15, 0.2) is 0 Å². The first-order valence-corrected chi connectivity index (χ1v) is 13.4. The van der Waals surface area contributed by atoms with Crippen molar-refractivity contribution in [2.24, 2.45) is 0 Å². The lowest BCUT2D eigenvalue weighted by Crippen LogP contribution is -2.30. The van der Waals surface area contributed by atoms with Gasteiger partial charge < -0.3 is 10.1 Å². The number of ether oxygens (including phenoxy) is 1. The molecule has 0 bridgehead atoms. The molecular weight excluding hydrogens is 406 g/mol. The summed E-state index contributed by atoms with van der Waals surface area (Å²) in [6.45, 7) is 8.06. The van der Waals surface area contributed by atoms with Crippen LogP contribution < -0.4 is 5.32 Å². The smallest absolute Gasteiger partial charge is 0.379 e. The summed E-state index contributed by atoms with van der Waals surface area (Å²) in [4.78, 5) is 4.36. The van der Waals surface area contributed by atoms with Crippen molar-refractivity contribution in [1.29, 1.82) is 0 Å². The molecule has 0 atom stereocenters. The standard InChI is InChI=1S/C18H38O5S.C4H9NO/c1-3-5-6-7-8-9-10-11-12-13-14-15-16-17-18-22-24(19,20)23-21-4-2;1-3-6-4-2-5-1/h3-18H2,1-2H3;5H,1-4H2. The van der Waals surface area contributed by atoms with Crippen molar-refractivity contribution >= 4 is 10.4 Å². The summed E-state index contributed by atoms with van der Waals surface area (Å²) in [7, 11) is -3.98. The van der Waals surface area contributed by atoms with E-state index in [9.17, 15) is 8.42 Å². The normalized spacial score (nSPS) is 14.3. The molecule has 0 aromatic heterocycles. The van der Waals surface area contributed by atoms with Gasteiger partial charge in [-0.1, -0.05) is 94.7 Å². The van der Waals surface area contributed by atoms with Crippen LogP contribution in [0.5, 0.6) is 0 Å². The minimum Gasteiger partial charge on any atom is -0.379 e. The largest absolute Gasteiger partial charge is 0.426 e. The van der Waals surface area contributed by atoms with Crippen LogP contribution in [0, 0.1) is 0 Å². The van der Waals surface area contributed by atoms with Crippen LogP contribution in [0.2, 0.25) is 0 Å². The van der Waals surface area contributed by atoms with Crippen LogP contribution in [0.1, 0.15) is 104 Å². The third kappa shape index (κ3) is 24.0. The Hall–Kier alpha value is -0.250. The zero-order chi connectivity index (χ0) is 22.2. The highest BCUT2D eigenvalue weighted by Crippen LogP contribution is 2.13. The van der Waals surface area contributed by atoms with E-state index in [-0.39, 0.29) is 13.2 Å². The first-order valence-electron chi connectivity index (χ1n) is 12.1. The highest BCUT2D eigenvalue weighted by molar-refractivity contribution is 7.81. The Balaban J connectivity index is 0.00000118. The molecule has 1 fully saturated rings. The summed E-state index contributed by atoms with van der Waals surface area (Å²) in [5.41, 5.74) is 0. The summed E-state index contributed by atoms with van der Waals surface area (Å²) in [5, 5.41) is 3.16. The van der Waals surface area contributed by atoms with Crippen molar-refractivity contribution < 1.29 is 26.6 Å². The Morgan fingerprint density at radius 2 is 1.20 bits per heavy atom. The van der Waals surface area contributed by atoms with Gasteiger partial charge in [0.25, 0.3) is 0 Å². The number of hydrogen-bond donors (Lipinski definition) is 1. The molecule has 0 aliphatic carbocycles. The molecule has 30 heavy (non-hydrogen) atoms. The Labute approximate surface area is 185 Å². The van der Waals surface area contributed by atoms with E-state index < -0.39 is 10.4 Å². The monoisotopic (exact) mass is 453 g/mol. The molecule has 0 spiro atoms. The van der Waals surface area contributed by atoms with Gasteiger partial charge in [-0.3, -0.25) is 0 Å². The van der Waals surface area contributed by atoms with Gasteiger partial charge in [0.2, 0.25) is 0 Å². The molecule has 0 radical (unpaired) electrons. The minimum absolute atomic E-state index is 0.160. The third-order valence-electron chi connectivity index (χ3n) is 4.82. The fourth-order valence-corrected chi connectivity index (χ4v) is 3.68. The van der Waals surface area contributed by atoms with Crippen molar-refractivity contribution in [3.05, 3.63) is 0 Å². The second-order valence-corrected chi connectivity index (χ2v) is 8.85. The van der Waals surface area contributed by atoms with E-state index in [2.05, 4.69) is 25.6 Å². The van der Waals surface area contributed by atoms with Gasteiger partial charge in [0, 0.05) is 13.1 Å². The lowest BCUT2D eigenvalue weighted by atomic mass is 10.0. The molecule has 0 aromatic carbocycles. The lowest BCUT2D eigenvalue weighted by molar-refractivity contribution is -0.205. The first kappa shape index (κ1) is 29.8. The minimum atomic E-state index is -3.98. The van der Waals surface area contributed by atoms with Gasteiger partial charge in [-0.05, 0) is 13.3 Å². The topological polar surface area (TPSA) is 83.1 Å². The first-order chi connectivity index (χ1) is 14.6. The summed E-state index contributed by atoms with van der Waals surface area (Å²) in [5.74, 6) is 0. The van der Waals surface area contributed by atoms with Crippen LogP contribution in [-0.2, 0) is 28.5 Å².